The van der Waals surface area contributed by atoms with Crippen LogP contribution in [0.25, 0.3) is 11.1 Å². The molecule has 8 nitrogen and oxygen atoms in total. The SMILES string of the molecule is Cc1cc(Cn2c(=O)n(O)c(=O)c3c(C)coc32)cc2c1OCO2. The van der Waals surface area contributed by atoms with E-state index < -0.39 is 11.2 Å². The zero-order chi connectivity index (χ0) is 17.0. The maximum absolute atomic E-state index is 12.3. The molecule has 1 N–H and O–H groups in total. The van der Waals surface area contributed by atoms with Crippen LogP contribution in [0.3, 0.4) is 0 Å². The lowest BCUT2D eigenvalue weighted by molar-refractivity contribution is 0.157. The van der Waals surface area contributed by atoms with Crippen molar-refractivity contribution in [2.24, 2.45) is 0 Å². The summed E-state index contributed by atoms with van der Waals surface area (Å²) in [6, 6.07) is 3.62. The van der Waals surface area contributed by atoms with Crippen LogP contribution in [-0.4, -0.2) is 21.3 Å². The number of aromatic nitrogens is 2. The Balaban J connectivity index is 1.91. The first kappa shape index (κ1) is 14.4. The number of ether oxygens (including phenoxy) is 2. The van der Waals surface area contributed by atoms with Gasteiger partial charge in [-0.05, 0) is 31.0 Å². The van der Waals surface area contributed by atoms with Gasteiger partial charge in [0.1, 0.15) is 5.39 Å². The van der Waals surface area contributed by atoms with Gasteiger partial charge < -0.3 is 19.1 Å². The van der Waals surface area contributed by atoms with Crippen molar-refractivity contribution >= 4 is 11.1 Å². The van der Waals surface area contributed by atoms with E-state index in [1.54, 1.807) is 13.0 Å². The van der Waals surface area contributed by atoms with E-state index in [1.165, 1.54) is 10.8 Å². The summed E-state index contributed by atoms with van der Waals surface area (Å²) in [6.45, 7) is 3.81. The van der Waals surface area contributed by atoms with Crippen molar-refractivity contribution in [3.8, 4) is 11.5 Å². The first-order valence-corrected chi connectivity index (χ1v) is 7.29. The largest absolute Gasteiger partial charge is 0.454 e. The van der Waals surface area contributed by atoms with E-state index in [0.29, 0.717) is 17.1 Å². The predicted octanol–water partition coefficient (Wildman–Crippen LogP) is 1.39. The molecule has 3 aromatic rings. The number of nitrogens with zero attached hydrogens (tertiary/aromatic N) is 2. The van der Waals surface area contributed by atoms with Crippen LogP contribution in [0.15, 0.2) is 32.4 Å². The molecule has 0 unspecified atom stereocenters. The second-order valence-corrected chi connectivity index (χ2v) is 5.73. The lowest BCUT2D eigenvalue weighted by Gasteiger charge is -2.10. The molecule has 2 aromatic heterocycles. The maximum Gasteiger partial charge on any atom is 0.367 e. The highest BCUT2D eigenvalue weighted by molar-refractivity contribution is 5.76. The Morgan fingerprint density at radius 2 is 1.96 bits per heavy atom. The highest BCUT2D eigenvalue weighted by Gasteiger charge is 2.20. The minimum atomic E-state index is -0.864. The van der Waals surface area contributed by atoms with Crippen LogP contribution in [0.2, 0.25) is 0 Å². The molecule has 0 saturated carbocycles. The van der Waals surface area contributed by atoms with Crippen LogP contribution < -0.4 is 20.7 Å². The molecule has 1 aliphatic heterocycles. The number of hydrogen-bond acceptors (Lipinski definition) is 6. The summed E-state index contributed by atoms with van der Waals surface area (Å²) in [5.41, 5.74) is 0.651. The Morgan fingerprint density at radius 1 is 1.17 bits per heavy atom. The number of fused-ring (bicyclic) bond motifs is 2. The molecule has 24 heavy (non-hydrogen) atoms. The standard InChI is InChI=1S/C16H14N2O6/c1-8-3-10(4-11-13(8)24-7-23-11)5-17-15-12(9(2)6-22-15)14(19)18(21)16(17)20/h3-4,6,21H,5,7H2,1-2H3. The topological polar surface area (TPSA) is 95.8 Å². The maximum atomic E-state index is 12.3. The molecule has 0 aliphatic carbocycles. The van der Waals surface area contributed by atoms with Gasteiger partial charge >= 0.3 is 11.2 Å². The highest BCUT2D eigenvalue weighted by Crippen LogP contribution is 2.36. The third-order valence-corrected chi connectivity index (χ3v) is 4.08. The van der Waals surface area contributed by atoms with Crippen LogP contribution >= 0.6 is 0 Å². The molecule has 124 valence electrons. The van der Waals surface area contributed by atoms with Gasteiger partial charge in [-0.15, -0.1) is 0 Å². The van der Waals surface area contributed by atoms with Gasteiger partial charge in [0.15, 0.2) is 11.5 Å². The zero-order valence-corrected chi connectivity index (χ0v) is 13.0. The van der Waals surface area contributed by atoms with Gasteiger partial charge in [-0.3, -0.25) is 9.36 Å². The minimum Gasteiger partial charge on any atom is -0.454 e. The van der Waals surface area contributed by atoms with Gasteiger partial charge in [-0.1, -0.05) is 10.8 Å². The second-order valence-electron chi connectivity index (χ2n) is 5.73. The van der Waals surface area contributed by atoms with Gasteiger partial charge in [-0.2, -0.15) is 0 Å². The number of rotatable bonds is 2. The molecular weight excluding hydrogens is 316 g/mol. The summed E-state index contributed by atoms with van der Waals surface area (Å²) in [5.74, 6) is 1.28. The molecule has 1 aliphatic rings. The van der Waals surface area contributed by atoms with Crippen LogP contribution in [0.4, 0.5) is 0 Å². The van der Waals surface area contributed by atoms with E-state index in [2.05, 4.69) is 0 Å². The minimum absolute atomic E-state index is 0.102. The third kappa shape index (κ3) is 1.92. The fourth-order valence-corrected chi connectivity index (χ4v) is 2.95. The Bertz CT molecular complexity index is 1090. The number of benzene rings is 1. The average molecular weight is 330 g/mol. The number of furan rings is 1. The first-order valence-electron chi connectivity index (χ1n) is 7.29. The quantitative estimate of drug-likeness (QED) is 0.713. The Labute approximate surface area is 135 Å². The molecule has 0 fully saturated rings. The Kier molecular flexibility index (Phi) is 2.96. The highest BCUT2D eigenvalue weighted by atomic mass is 16.7. The average Bonchev–Trinajstić information content (AvgIpc) is 3.16. The Morgan fingerprint density at radius 3 is 2.75 bits per heavy atom. The van der Waals surface area contributed by atoms with Crippen LogP contribution in [-0.2, 0) is 6.54 Å². The lowest BCUT2D eigenvalue weighted by atomic mass is 10.1. The molecule has 0 bridgehead atoms. The number of aryl methyl sites for hydroxylation is 2. The normalized spacial score (nSPS) is 12.9. The molecule has 0 amide bonds. The summed E-state index contributed by atoms with van der Waals surface area (Å²) in [7, 11) is 0. The van der Waals surface area contributed by atoms with E-state index in [-0.39, 0.29) is 29.2 Å². The van der Waals surface area contributed by atoms with Crippen LogP contribution in [0, 0.1) is 13.8 Å². The van der Waals surface area contributed by atoms with Gasteiger partial charge in [0.2, 0.25) is 12.5 Å². The predicted molar refractivity (Wildman–Crippen MR) is 83.1 cm³/mol. The fraction of sp³-hybridized carbons (Fsp3) is 0.250. The van der Waals surface area contributed by atoms with Crippen molar-refractivity contribution in [1.29, 1.82) is 0 Å². The summed E-state index contributed by atoms with van der Waals surface area (Å²) in [6.07, 6.45) is 1.38. The molecule has 8 heteroatoms. The van der Waals surface area contributed by atoms with E-state index in [4.69, 9.17) is 13.9 Å². The molecular formula is C16H14N2O6. The molecule has 0 spiro atoms. The molecule has 1 aromatic carbocycles. The van der Waals surface area contributed by atoms with Gasteiger partial charge in [0.05, 0.1) is 12.8 Å². The molecule has 4 rings (SSSR count). The Hall–Kier alpha value is -3.16. The summed E-state index contributed by atoms with van der Waals surface area (Å²) in [4.78, 5) is 24.3. The molecule has 0 atom stereocenters. The second kappa shape index (κ2) is 4.92. The molecule has 0 radical (unpaired) electrons. The van der Waals surface area contributed by atoms with Crippen LogP contribution in [0.1, 0.15) is 16.7 Å². The van der Waals surface area contributed by atoms with Crippen molar-refractivity contribution in [3.05, 3.63) is 55.9 Å². The van der Waals surface area contributed by atoms with E-state index >= 15 is 0 Å². The monoisotopic (exact) mass is 330 g/mol. The zero-order valence-electron chi connectivity index (χ0n) is 13.0. The van der Waals surface area contributed by atoms with Crippen molar-refractivity contribution in [1.82, 2.24) is 9.30 Å². The number of hydrogen-bond donors (Lipinski definition) is 1. The summed E-state index contributed by atoms with van der Waals surface area (Å²) in [5, 5.41) is 9.98. The smallest absolute Gasteiger partial charge is 0.367 e. The van der Waals surface area contributed by atoms with E-state index in [0.717, 1.165) is 11.1 Å². The van der Waals surface area contributed by atoms with Crippen molar-refractivity contribution in [3.63, 3.8) is 0 Å². The van der Waals surface area contributed by atoms with Gasteiger partial charge in [0.25, 0.3) is 0 Å². The van der Waals surface area contributed by atoms with Crippen LogP contribution in [0.5, 0.6) is 11.5 Å². The first-order chi connectivity index (χ1) is 11.5. The van der Waals surface area contributed by atoms with Crippen molar-refractivity contribution in [2.45, 2.75) is 20.4 Å². The van der Waals surface area contributed by atoms with E-state index in [9.17, 15) is 14.8 Å². The van der Waals surface area contributed by atoms with Gasteiger partial charge in [0, 0.05) is 5.56 Å². The lowest BCUT2D eigenvalue weighted by Crippen LogP contribution is -2.38. The van der Waals surface area contributed by atoms with Gasteiger partial charge in [-0.25, -0.2) is 4.79 Å². The van der Waals surface area contributed by atoms with Crippen molar-refractivity contribution < 1.29 is 19.1 Å². The van der Waals surface area contributed by atoms with Crippen molar-refractivity contribution in [2.75, 3.05) is 6.79 Å². The molecule has 0 saturated heterocycles. The third-order valence-electron chi connectivity index (χ3n) is 4.08. The molecule has 3 heterocycles. The summed E-state index contributed by atoms with van der Waals surface area (Å²) >= 11 is 0. The fourth-order valence-electron chi connectivity index (χ4n) is 2.95. The summed E-state index contributed by atoms with van der Waals surface area (Å²) < 4.78 is 17.4. The van der Waals surface area contributed by atoms with E-state index in [1.807, 2.05) is 13.0 Å².